The molecule has 1 aliphatic rings. The van der Waals surface area contributed by atoms with Crippen molar-refractivity contribution in [2.75, 3.05) is 13.6 Å². The summed E-state index contributed by atoms with van der Waals surface area (Å²) in [5, 5.41) is 0.753. The summed E-state index contributed by atoms with van der Waals surface area (Å²) in [6, 6.07) is 5.84. The largest absolute Gasteiger partial charge is 0.389 e. The van der Waals surface area contributed by atoms with E-state index in [1.165, 1.54) is 25.7 Å². The molecular weight excluding hydrogens is 276 g/mol. The van der Waals surface area contributed by atoms with Crippen molar-refractivity contribution in [3.8, 4) is 0 Å². The second kappa shape index (κ2) is 6.69. The van der Waals surface area contributed by atoms with E-state index in [0.717, 1.165) is 35.2 Å². The first-order valence-corrected chi connectivity index (χ1v) is 7.61. The SMILES string of the molecule is CN(Cc1ccc(C(N)=S)cc1Cl)CC1CCCC1. The van der Waals surface area contributed by atoms with Crippen LogP contribution < -0.4 is 5.73 Å². The van der Waals surface area contributed by atoms with Crippen LogP contribution in [-0.2, 0) is 6.54 Å². The van der Waals surface area contributed by atoms with Gasteiger partial charge in [-0.25, -0.2) is 0 Å². The van der Waals surface area contributed by atoms with Crippen LogP contribution in [0.4, 0.5) is 0 Å². The predicted octanol–water partition coefficient (Wildman–Crippen LogP) is 3.60. The minimum Gasteiger partial charge on any atom is -0.389 e. The number of halogens is 1. The molecule has 2 rings (SSSR count). The highest BCUT2D eigenvalue weighted by atomic mass is 35.5. The molecule has 0 unspecified atom stereocenters. The van der Waals surface area contributed by atoms with Crippen LogP contribution in [0.25, 0.3) is 0 Å². The molecule has 1 aromatic rings. The molecule has 0 aromatic heterocycles. The standard InChI is InChI=1S/C15H21ClN2S/c1-18(9-11-4-2-3-5-11)10-13-7-6-12(15(17)19)8-14(13)16/h6-8,11H,2-5,9-10H2,1H3,(H2,17,19). The van der Waals surface area contributed by atoms with Gasteiger partial charge in [-0.15, -0.1) is 0 Å². The maximum Gasteiger partial charge on any atom is 0.104 e. The summed E-state index contributed by atoms with van der Waals surface area (Å²) in [5.74, 6) is 0.861. The maximum atomic E-state index is 6.29. The molecule has 1 fully saturated rings. The van der Waals surface area contributed by atoms with Gasteiger partial charge >= 0.3 is 0 Å². The normalized spacial score (nSPS) is 16.2. The quantitative estimate of drug-likeness (QED) is 0.842. The maximum absolute atomic E-state index is 6.29. The highest BCUT2D eigenvalue weighted by molar-refractivity contribution is 7.80. The van der Waals surface area contributed by atoms with Gasteiger partial charge in [0.2, 0.25) is 0 Å². The van der Waals surface area contributed by atoms with Gasteiger partial charge < -0.3 is 10.6 Å². The number of hydrogen-bond acceptors (Lipinski definition) is 2. The van der Waals surface area contributed by atoms with Crippen molar-refractivity contribution in [2.24, 2.45) is 11.7 Å². The van der Waals surface area contributed by atoms with Gasteiger partial charge in [-0.05, 0) is 37.4 Å². The van der Waals surface area contributed by atoms with Gasteiger partial charge in [-0.3, -0.25) is 0 Å². The van der Waals surface area contributed by atoms with E-state index in [0.29, 0.717) is 4.99 Å². The first kappa shape index (κ1) is 14.8. The van der Waals surface area contributed by atoms with Gasteiger partial charge in [-0.1, -0.05) is 48.8 Å². The predicted molar refractivity (Wildman–Crippen MR) is 85.6 cm³/mol. The van der Waals surface area contributed by atoms with Gasteiger partial charge in [0.25, 0.3) is 0 Å². The van der Waals surface area contributed by atoms with Crippen molar-refractivity contribution >= 4 is 28.8 Å². The van der Waals surface area contributed by atoms with Crippen molar-refractivity contribution in [2.45, 2.75) is 32.2 Å². The van der Waals surface area contributed by atoms with E-state index >= 15 is 0 Å². The Morgan fingerprint density at radius 1 is 1.42 bits per heavy atom. The molecule has 0 atom stereocenters. The molecule has 2 nitrogen and oxygen atoms in total. The number of thiocarbonyl (C=S) groups is 1. The minimum atomic E-state index is 0.396. The molecule has 0 radical (unpaired) electrons. The third-order valence-corrected chi connectivity index (χ3v) is 4.41. The molecule has 0 aliphatic heterocycles. The molecule has 2 N–H and O–H groups in total. The number of rotatable bonds is 5. The van der Waals surface area contributed by atoms with Gasteiger partial charge in [0.15, 0.2) is 0 Å². The molecule has 1 aliphatic carbocycles. The number of nitrogens with two attached hydrogens (primary N) is 1. The van der Waals surface area contributed by atoms with Crippen LogP contribution in [0.15, 0.2) is 18.2 Å². The second-order valence-corrected chi connectivity index (χ2v) is 6.36. The fourth-order valence-corrected chi connectivity index (χ4v) is 3.19. The Balaban J connectivity index is 1.96. The summed E-state index contributed by atoms with van der Waals surface area (Å²) >= 11 is 11.2. The zero-order valence-corrected chi connectivity index (χ0v) is 12.9. The Kier molecular flexibility index (Phi) is 5.20. The molecule has 0 heterocycles. The molecule has 104 valence electrons. The van der Waals surface area contributed by atoms with Crippen molar-refractivity contribution < 1.29 is 0 Å². The fourth-order valence-electron chi connectivity index (χ4n) is 2.82. The fraction of sp³-hybridized carbons (Fsp3) is 0.533. The average molecular weight is 297 g/mol. The van der Waals surface area contributed by atoms with Crippen molar-refractivity contribution in [3.05, 3.63) is 34.3 Å². The Morgan fingerprint density at radius 2 is 2.11 bits per heavy atom. The van der Waals surface area contributed by atoms with Crippen LogP contribution in [0.5, 0.6) is 0 Å². The lowest BCUT2D eigenvalue weighted by Crippen LogP contribution is -2.24. The smallest absolute Gasteiger partial charge is 0.104 e. The molecule has 4 heteroatoms. The Morgan fingerprint density at radius 3 is 2.68 bits per heavy atom. The Bertz CT molecular complexity index is 455. The first-order chi connectivity index (χ1) is 9.06. The van der Waals surface area contributed by atoms with Crippen molar-refractivity contribution in [1.29, 1.82) is 0 Å². The monoisotopic (exact) mass is 296 g/mol. The van der Waals surface area contributed by atoms with Crippen molar-refractivity contribution in [3.63, 3.8) is 0 Å². The van der Waals surface area contributed by atoms with Crippen LogP contribution in [-0.4, -0.2) is 23.5 Å². The highest BCUT2D eigenvalue weighted by Crippen LogP contribution is 2.26. The molecule has 19 heavy (non-hydrogen) atoms. The minimum absolute atomic E-state index is 0.396. The Labute approximate surface area is 125 Å². The molecule has 0 spiro atoms. The topological polar surface area (TPSA) is 29.3 Å². The highest BCUT2D eigenvalue weighted by Gasteiger charge is 2.17. The van der Waals surface area contributed by atoms with Gasteiger partial charge in [-0.2, -0.15) is 0 Å². The van der Waals surface area contributed by atoms with Gasteiger partial charge in [0.05, 0.1) is 0 Å². The summed E-state index contributed by atoms with van der Waals surface area (Å²) in [6.45, 7) is 2.04. The summed E-state index contributed by atoms with van der Waals surface area (Å²) in [7, 11) is 2.16. The number of hydrogen-bond donors (Lipinski definition) is 1. The van der Waals surface area contributed by atoms with E-state index in [1.807, 2.05) is 18.2 Å². The molecule has 1 aromatic carbocycles. The molecule has 1 saturated carbocycles. The lowest BCUT2D eigenvalue weighted by Gasteiger charge is -2.21. The molecule has 0 saturated heterocycles. The van der Waals surface area contributed by atoms with Crippen LogP contribution >= 0.6 is 23.8 Å². The summed E-state index contributed by atoms with van der Waals surface area (Å²) in [5.41, 5.74) is 7.58. The molecule has 0 amide bonds. The van der Waals surface area contributed by atoms with Gasteiger partial charge in [0, 0.05) is 23.7 Å². The number of benzene rings is 1. The first-order valence-electron chi connectivity index (χ1n) is 6.83. The van der Waals surface area contributed by atoms with E-state index in [2.05, 4.69) is 11.9 Å². The summed E-state index contributed by atoms with van der Waals surface area (Å²) < 4.78 is 0. The lowest BCUT2D eigenvalue weighted by atomic mass is 10.1. The van der Waals surface area contributed by atoms with Crippen LogP contribution in [0, 0.1) is 5.92 Å². The van der Waals surface area contributed by atoms with Crippen LogP contribution in [0.3, 0.4) is 0 Å². The van der Waals surface area contributed by atoms with E-state index < -0.39 is 0 Å². The van der Waals surface area contributed by atoms with Gasteiger partial charge in [0.1, 0.15) is 4.99 Å². The lowest BCUT2D eigenvalue weighted by molar-refractivity contribution is 0.271. The molecular formula is C15H21ClN2S. The third-order valence-electron chi connectivity index (χ3n) is 3.82. The van der Waals surface area contributed by atoms with Crippen molar-refractivity contribution in [1.82, 2.24) is 4.90 Å². The average Bonchev–Trinajstić information content (AvgIpc) is 2.84. The number of nitrogens with zero attached hydrogens (tertiary/aromatic N) is 1. The second-order valence-electron chi connectivity index (χ2n) is 5.52. The summed E-state index contributed by atoms with van der Waals surface area (Å²) in [4.78, 5) is 2.75. The van der Waals surface area contributed by atoms with E-state index in [-0.39, 0.29) is 0 Å². The van der Waals surface area contributed by atoms with E-state index in [1.54, 1.807) is 0 Å². The van der Waals surface area contributed by atoms with Crippen LogP contribution in [0.1, 0.15) is 36.8 Å². The van der Waals surface area contributed by atoms with Crippen LogP contribution in [0.2, 0.25) is 5.02 Å². The molecule has 0 bridgehead atoms. The third kappa shape index (κ3) is 4.16. The van der Waals surface area contributed by atoms with E-state index in [4.69, 9.17) is 29.6 Å². The zero-order chi connectivity index (χ0) is 13.8. The summed E-state index contributed by atoms with van der Waals surface area (Å²) in [6.07, 6.45) is 5.53. The van der Waals surface area contributed by atoms with E-state index in [9.17, 15) is 0 Å². The zero-order valence-electron chi connectivity index (χ0n) is 11.4. The Hall–Kier alpha value is -0.640.